The molecule has 0 radical (unpaired) electrons. The highest BCUT2D eigenvalue weighted by atomic mass is 35.5. The van der Waals surface area contributed by atoms with Gasteiger partial charge in [-0.15, -0.1) is 0 Å². The van der Waals surface area contributed by atoms with Crippen molar-refractivity contribution < 1.29 is 18.7 Å². The van der Waals surface area contributed by atoms with Crippen LogP contribution in [0.3, 0.4) is 0 Å². The van der Waals surface area contributed by atoms with Crippen molar-refractivity contribution in [1.29, 1.82) is 0 Å². The number of para-hydroxylation sites is 2. The number of halogens is 2. The summed E-state index contributed by atoms with van der Waals surface area (Å²) in [7, 11) is 1.54. The van der Waals surface area contributed by atoms with E-state index in [1.165, 1.54) is 19.2 Å². The number of rotatable bonds is 5. The summed E-state index contributed by atoms with van der Waals surface area (Å²) >= 11 is 6.86. The number of anilines is 1. The van der Waals surface area contributed by atoms with Gasteiger partial charge in [0.25, 0.3) is 0 Å². The van der Waals surface area contributed by atoms with E-state index in [0.717, 1.165) is 17.8 Å². The minimum atomic E-state index is -0.616. The Kier molecular flexibility index (Phi) is 5.98. The Morgan fingerprint density at radius 3 is 2.89 bits per heavy atom. The van der Waals surface area contributed by atoms with Crippen LogP contribution in [0.2, 0.25) is 5.02 Å². The first kappa shape index (κ1) is 19.2. The van der Waals surface area contributed by atoms with E-state index in [-0.39, 0.29) is 23.3 Å². The van der Waals surface area contributed by atoms with Crippen LogP contribution >= 0.6 is 23.4 Å². The Hall–Kier alpha value is -2.58. The van der Waals surface area contributed by atoms with Gasteiger partial charge in [0.15, 0.2) is 5.17 Å². The monoisotopic (exact) mass is 407 g/mol. The Labute approximate surface area is 164 Å². The Bertz CT molecular complexity index is 922. The maximum Gasteiger partial charge on any atom is 0.240 e. The molecular weight excluding hydrogens is 393 g/mol. The molecule has 2 N–H and O–H groups in total. The lowest BCUT2D eigenvalue weighted by atomic mass is 10.2. The molecule has 1 fully saturated rings. The second-order valence-corrected chi connectivity index (χ2v) is 7.16. The molecule has 0 spiro atoms. The van der Waals surface area contributed by atoms with Crippen molar-refractivity contribution in [3.63, 3.8) is 0 Å². The van der Waals surface area contributed by atoms with Crippen LogP contribution in [-0.4, -0.2) is 29.3 Å². The van der Waals surface area contributed by atoms with Gasteiger partial charge in [-0.3, -0.25) is 9.59 Å². The molecule has 0 aliphatic carbocycles. The fourth-order valence-corrected chi connectivity index (χ4v) is 3.54. The number of carbonyl (C=O) groups is 2. The van der Waals surface area contributed by atoms with Gasteiger partial charge in [-0.1, -0.05) is 35.5 Å². The number of thioether (sulfide) groups is 1. The van der Waals surface area contributed by atoms with Crippen LogP contribution in [0, 0.1) is 5.82 Å². The number of benzene rings is 2. The van der Waals surface area contributed by atoms with Gasteiger partial charge in [0, 0.05) is 12.1 Å². The van der Waals surface area contributed by atoms with Crippen LogP contribution in [-0.2, 0) is 9.59 Å². The fourth-order valence-electron chi connectivity index (χ4n) is 2.38. The van der Waals surface area contributed by atoms with Crippen LogP contribution < -0.4 is 15.4 Å². The number of methoxy groups -OCH3 is 1. The highest BCUT2D eigenvalue weighted by Gasteiger charge is 2.32. The molecule has 9 heteroatoms. The molecule has 2 aromatic carbocycles. The lowest BCUT2D eigenvalue weighted by molar-refractivity contribution is -0.122. The Balaban J connectivity index is 1.64. The highest BCUT2D eigenvalue weighted by Crippen LogP contribution is 2.30. The van der Waals surface area contributed by atoms with Crippen molar-refractivity contribution in [1.82, 2.24) is 5.32 Å². The third-order valence-electron chi connectivity index (χ3n) is 3.66. The average molecular weight is 408 g/mol. The number of nitrogens with one attached hydrogen (secondary N) is 2. The van der Waals surface area contributed by atoms with E-state index in [1.807, 2.05) is 12.1 Å². The van der Waals surface area contributed by atoms with Crippen LogP contribution in [0.15, 0.2) is 47.5 Å². The van der Waals surface area contributed by atoms with Crippen LogP contribution in [0.25, 0.3) is 0 Å². The molecule has 27 heavy (non-hydrogen) atoms. The molecule has 1 heterocycles. The first-order chi connectivity index (χ1) is 13.0. The van der Waals surface area contributed by atoms with Crippen molar-refractivity contribution >= 4 is 51.7 Å². The highest BCUT2D eigenvalue weighted by molar-refractivity contribution is 8.15. The molecular formula is C18H15ClFN3O3S. The number of ether oxygens (including phenoxy) is 1. The zero-order chi connectivity index (χ0) is 19.4. The summed E-state index contributed by atoms with van der Waals surface area (Å²) in [6.45, 7) is 0. The van der Waals surface area contributed by atoms with Crippen molar-refractivity contribution in [2.45, 2.75) is 11.7 Å². The van der Waals surface area contributed by atoms with Crippen molar-refractivity contribution in [3.05, 3.63) is 53.3 Å². The van der Waals surface area contributed by atoms with E-state index in [9.17, 15) is 14.0 Å². The largest absolute Gasteiger partial charge is 0.494 e. The number of hydrogen-bond acceptors (Lipinski definition) is 5. The minimum Gasteiger partial charge on any atom is -0.494 e. The molecule has 1 saturated heterocycles. The summed E-state index contributed by atoms with van der Waals surface area (Å²) in [5.41, 5.74) is 0.937. The van der Waals surface area contributed by atoms with Gasteiger partial charge >= 0.3 is 0 Å². The SMILES string of the molecule is COc1ccccc1N=C1NC(=O)[C@@H](CC(=O)Nc2ccc(F)c(Cl)c2)S1. The van der Waals surface area contributed by atoms with Crippen LogP contribution in [0.1, 0.15) is 6.42 Å². The number of hydrogen-bond donors (Lipinski definition) is 2. The van der Waals surface area contributed by atoms with Crippen molar-refractivity contribution in [3.8, 4) is 5.75 Å². The second kappa shape index (κ2) is 8.41. The summed E-state index contributed by atoms with van der Waals surface area (Å²) < 4.78 is 18.4. The molecule has 2 amide bonds. The number of amidine groups is 1. The van der Waals surface area contributed by atoms with Crippen LogP contribution in [0.5, 0.6) is 5.75 Å². The van der Waals surface area contributed by atoms with Gasteiger partial charge in [-0.25, -0.2) is 9.38 Å². The van der Waals surface area contributed by atoms with Crippen molar-refractivity contribution in [2.75, 3.05) is 12.4 Å². The zero-order valence-electron chi connectivity index (χ0n) is 14.2. The number of aliphatic imine (C=N–C) groups is 1. The maximum atomic E-state index is 13.2. The van der Waals surface area contributed by atoms with Crippen molar-refractivity contribution in [2.24, 2.45) is 4.99 Å². The molecule has 6 nitrogen and oxygen atoms in total. The van der Waals surface area contributed by atoms with Gasteiger partial charge in [-0.2, -0.15) is 0 Å². The number of carbonyl (C=O) groups excluding carboxylic acids is 2. The number of amides is 2. The molecule has 0 aromatic heterocycles. The third kappa shape index (κ3) is 4.78. The predicted molar refractivity (Wildman–Crippen MR) is 104 cm³/mol. The van der Waals surface area contributed by atoms with Gasteiger partial charge < -0.3 is 15.4 Å². The molecule has 3 rings (SSSR count). The molecule has 0 bridgehead atoms. The summed E-state index contributed by atoms with van der Waals surface area (Å²) in [5.74, 6) is -0.684. The first-order valence-corrected chi connectivity index (χ1v) is 9.16. The van der Waals surface area contributed by atoms with Gasteiger partial charge in [-0.05, 0) is 30.3 Å². The molecule has 1 aliphatic heterocycles. The first-order valence-electron chi connectivity index (χ1n) is 7.90. The quantitative estimate of drug-likeness (QED) is 0.791. The molecule has 0 unspecified atom stereocenters. The van der Waals surface area contributed by atoms with E-state index >= 15 is 0 Å². The van der Waals surface area contributed by atoms with E-state index in [0.29, 0.717) is 22.3 Å². The second-order valence-electron chi connectivity index (χ2n) is 5.57. The fraction of sp³-hybridized carbons (Fsp3) is 0.167. The normalized spacial score (nSPS) is 17.7. The van der Waals surface area contributed by atoms with Gasteiger partial charge in [0.05, 0.1) is 12.1 Å². The Morgan fingerprint density at radius 1 is 1.37 bits per heavy atom. The molecule has 1 aliphatic rings. The van der Waals surface area contributed by atoms with Gasteiger partial charge in [0.2, 0.25) is 11.8 Å². The molecule has 2 aromatic rings. The summed E-state index contributed by atoms with van der Waals surface area (Å²) in [5, 5.41) is 4.94. The lowest BCUT2D eigenvalue weighted by Crippen LogP contribution is -2.28. The van der Waals surface area contributed by atoms with Crippen LogP contribution in [0.4, 0.5) is 15.8 Å². The maximum absolute atomic E-state index is 13.2. The standard InChI is InChI=1S/C18H15ClFN3O3S/c1-26-14-5-3-2-4-13(14)22-18-23-17(25)15(27-18)9-16(24)21-10-6-7-12(20)11(19)8-10/h2-8,15H,9H2,1H3,(H,21,24)(H,22,23,25)/t15-/m1/s1. The van der Waals surface area contributed by atoms with E-state index in [4.69, 9.17) is 16.3 Å². The lowest BCUT2D eigenvalue weighted by Gasteiger charge is -2.08. The number of nitrogens with zero attached hydrogens (tertiary/aromatic N) is 1. The smallest absolute Gasteiger partial charge is 0.240 e. The Morgan fingerprint density at radius 2 is 2.15 bits per heavy atom. The van der Waals surface area contributed by atoms with E-state index in [2.05, 4.69) is 15.6 Å². The van der Waals surface area contributed by atoms with Gasteiger partial charge in [0.1, 0.15) is 22.5 Å². The molecule has 0 saturated carbocycles. The summed E-state index contributed by atoms with van der Waals surface area (Å²) in [6, 6.07) is 11.0. The predicted octanol–water partition coefficient (Wildman–Crippen LogP) is 3.74. The molecule has 140 valence electrons. The molecule has 1 atom stereocenters. The topological polar surface area (TPSA) is 79.8 Å². The minimum absolute atomic E-state index is 0.0591. The zero-order valence-corrected chi connectivity index (χ0v) is 15.7. The van der Waals surface area contributed by atoms with E-state index in [1.54, 1.807) is 12.1 Å². The average Bonchev–Trinajstić information content (AvgIpc) is 2.97. The third-order valence-corrected chi connectivity index (χ3v) is 5.03. The summed E-state index contributed by atoms with van der Waals surface area (Å²) in [4.78, 5) is 28.7. The summed E-state index contributed by atoms with van der Waals surface area (Å²) in [6.07, 6.45) is -0.0591. The van der Waals surface area contributed by atoms with E-state index < -0.39 is 11.1 Å².